The van der Waals surface area contributed by atoms with E-state index < -0.39 is 0 Å². The molecule has 4 rings (SSSR count). The molecule has 0 aliphatic carbocycles. The van der Waals surface area contributed by atoms with Gasteiger partial charge in [-0.15, -0.1) is 5.10 Å². The first-order chi connectivity index (χ1) is 12.6. The van der Waals surface area contributed by atoms with Crippen LogP contribution in [0.5, 0.6) is 0 Å². The first-order valence-electron chi connectivity index (χ1n) is 8.95. The Labute approximate surface area is 155 Å². The summed E-state index contributed by atoms with van der Waals surface area (Å²) in [6, 6.07) is 13.5. The van der Waals surface area contributed by atoms with Crippen LogP contribution in [0.2, 0.25) is 0 Å². The fourth-order valence-electron chi connectivity index (χ4n) is 3.56. The number of Topliss-reactive ketones (excluding diaryl/α,β-unsaturated/α-hetero) is 1. The molecule has 3 heterocycles. The molecule has 1 aromatic carbocycles. The zero-order valence-corrected chi connectivity index (χ0v) is 15.5. The lowest BCUT2D eigenvalue weighted by Crippen LogP contribution is -2.36. The SMILES string of the molecule is Cc1cc(=O)n2nc(N3CCC[C@@H]3C(=O)CCc3ccccc3)sc2c1. The lowest BCUT2D eigenvalue weighted by Gasteiger charge is -2.22. The summed E-state index contributed by atoms with van der Waals surface area (Å²) in [7, 11) is 0. The Bertz CT molecular complexity index is 993. The Morgan fingerprint density at radius 3 is 2.88 bits per heavy atom. The van der Waals surface area contributed by atoms with E-state index in [2.05, 4.69) is 22.1 Å². The molecule has 0 unspecified atom stereocenters. The third-order valence-electron chi connectivity index (χ3n) is 4.87. The fourth-order valence-corrected chi connectivity index (χ4v) is 4.67. The van der Waals surface area contributed by atoms with Crippen molar-refractivity contribution in [3.8, 4) is 0 Å². The molecule has 26 heavy (non-hydrogen) atoms. The Morgan fingerprint density at radius 2 is 2.08 bits per heavy atom. The summed E-state index contributed by atoms with van der Waals surface area (Å²) in [5, 5.41) is 5.25. The molecule has 3 aromatic rings. The van der Waals surface area contributed by atoms with Crippen LogP contribution in [0.4, 0.5) is 5.13 Å². The van der Waals surface area contributed by atoms with Gasteiger partial charge in [0.2, 0.25) is 5.13 Å². The summed E-state index contributed by atoms with van der Waals surface area (Å²) in [5.41, 5.74) is 2.00. The van der Waals surface area contributed by atoms with Gasteiger partial charge in [0.25, 0.3) is 5.56 Å². The van der Waals surface area contributed by atoms with Gasteiger partial charge < -0.3 is 4.90 Å². The predicted octanol–water partition coefficient (Wildman–Crippen LogP) is 3.24. The molecular weight excluding hydrogens is 346 g/mol. The van der Waals surface area contributed by atoms with Gasteiger partial charge in [-0.2, -0.15) is 4.52 Å². The number of carbonyl (C=O) groups is 1. The van der Waals surface area contributed by atoms with Crippen LogP contribution in [-0.2, 0) is 11.2 Å². The first-order valence-corrected chi connectivity index (χ1v) is 9.77. The van der Waals surface area contributed by atoms with Gasteiger partial charge in [0.1, 0.15) is 4.83 Å². The van der Waals surface area contributed by atoms with Gasteiger partial charge in [-0.05, 0) is 43.4 Å². The highest BCUT2D eigenvalue weighted by atomic mass is 32.1. The van der Waals surface area contributed by atoms with Crippen LogP contribution in [0, 0.1) is 6.92 Å². The normalized spacial score (nSPS) is 17.1. The topological polar surface area (TPSA) is 54.7 Å². The lowest BCUT2D eigenvalue weighted by molar-refractivity contribution is -0.120. The van der Waals surface area contributed by atoms with Gasteiger partial charge in [-0.3, -0.25) is 9.59 Å². The summed E-state index contributed by atoms with van der Waals surface area (Å²) in [6.07, 6.45) is 3.14. The zero-order chi connectivity index (χ0) is 18.1. The van der Waals surface area contributed by atoms with Crippen molar-refractivity contribution in [1.82, 2.24) is 9.61 Å². The molecule has 0 spiro atoms. The van der Waals surface area contributed by atoms with Crippen LogP contribution >= 0.6 is 11.3 Å². The Morgan fingerprint density at radius 1 is 1.27 bits per heavy atom. The molecular formula is C20H21N3O2S. The molecule has 1 atom stereocenters. The summed E-state index contributed by atoms with van der Waals surface area (Å²) < 4.78 is 1.44. The first kappa shape index (κ1) is 17.0. The number of benzene rings is 1. The van der Waals surface area contributed by atoms with Crippen molar-refractivity contribution in [2.75, 3.05) is 11.4 Å². The Hall–Kier alpha value is -2.47. The van der Waals surface area contributed by atoms with E-state index >= 15 is 0 Å². The van der Waals surface area contributed by atoms with E-state index in [9.17, 15) is 9.59 Å². The molecule has 0 saturated carbocycles. The largest absolute Gasteiger partial charge is 0.337 e. The maximum atomic E-state index is 12.8. The highest BCUT2D eigenvalue weighted by molar-refractivity contribution is 7.20. The Kier molecular flexibility index (Phi) is 4.59. The second-order valence-corrected chi connectivity index (χ2v) is 7.80. The third-order valence-corrected chi connectivity index (χ3v) is 5.87. The molecule has 0 N–H and O–H groups in total. The number of nitrogens with zero attached hydrogens (tertiary/aromatic N) is 3. The van der Waals surface area contributed by atoms with E-state index in [1.807, 2.05) is 31.2 Å². The van der Waals surface area contributed by atoms with Crippen molar-refractivity contribution >= 4 is 27.1 Å². The number of pyridine rings is 1. The molecule has 134 valence electrons. The van der Waals surface area contributed by atoms with Crippen LogP contribution in [-0.4, -0.2) is 28.0 Å². The van der Waals surface area contributed by atoms with Gasteiger partial charge in [0, 0.05) is 19.0 Å². The summed E-state index contributed by atoms with van der Waals surface area (Å²) >= 11 is 1.48. The van der Waals surface area contributed by atoms with Crippen molar-refractivity contribution in [2.45, 2.75) is 38.6 Å². The predicted molar refractivity (Wildman–Crippen MR) is 104 cm³/mol. The van der Waals surface area contributed by atoms with Crippen LogP contribution in [0.1, 0.15) is 30.4 Å². The van der Waals surface area contributed by atoms with Crippen molar-refractivity contribution in [3.63, 3.8) is 0 Å². The molecule has 1 aliphatic heterocycles. The summed E-state index contributed by atoms with van der Waals surface area (Å²) in [5.74, 6) is 0.258. The van der Waals surface area contributed by atoms with Crippen LogP contribution in [0.15, 0.2) is 47.3 Å². The molecule has 5 nitrogen and oxygen atoms in total. The minimum Gasteiger partial charge on any atom is -0.337 e. The molecule has 1 saturated heterocycles. The zero-order valence-electron chi connectivity index (χ0n) is 14.7. The minimum atomic E-state index is -0.129. The summed E-state index contributed by atoms with van der Waals surface area (Å²) in [4.78, 5) is 27.8. The van der Waals surface area contributed by atoms with Crippen LogP contribution < -0.4 is 10.5 Å². The van der Waals surface area contributed by atoms with Gasteiger partial charge >= 0.3 is 0 Å². The standard InChI is InChI=1S/C20H21N3O2S/c1-14-12-18(25)23-19(13-14)26-20(21-23)22-11-5-8-16(22)17(24)10-9-15-6-3-2-4-7-15/h2-4,6-7,12-13,16H,5,8-11H2,1H3/t16-/m1/s1. The maximum absolute atomic E-state index is 12.8. The van der Waals surface area contributed by atoms with Crippen molar-refractivity contribution in [3.05, 3.63) is 63.9 Å². The fraction of sp³-hybridized carbons (Fsp3) is 0.350. The number of aromatic nitrogens is 2. The molecule has 0 amide bonds. The second kappa shape index (κ2) is 7.03. The number of hydrogen-bond acceptors (Lipinski definition) is 5. The van der Waals surface area contributed by atoms with E-state index in [1.54, 1.807) is 6.07 Å². The minimum absolute atomic E-state index is 0.117. The number of ketones is 1. The van der Waals surface area contributed by atoms with E-state index in [-0.39, 0.29) is 17.4 Å². The molecule has 0 radical (unpaired) electrons. The smallest absolute Gasteiger partial charge is 0.272 e. The highest BCUT2D eigenvalue weighted by Crippen LogP contribution is 2.30. The average Bonchev–Trinajstić information content (AvgIpc) is 3.27. The number of fused-ring (bicyclic) bond motifs is 1. The van der Waals surface area contributed by atoms with Crippen LogP contribution in [0.25, 0.3) is 4.83 Å². The average molecular weight is 367 g/mol. The van der Waals surface area contributed by atoms with Crippen molar-refractivity contribution in [1.29, 1.82) is 0 Å². The van der Waals surface area contributed by atoms with E-state index in [1.165, 1.54) is 21.4 Å². The number of hydrogen-bond donors (Lipinski definition) is 0. The van der Waals surface area contributed by atoms with E-state index in [0.717, 1.165) is 41.3 Å². The highest BCUT2D eigenvalue weighted by Gasteiger charge is 2.32. The summed E-state index contributed by atoms with van der Waals surface area (Å²) in [6.45, 7) is 2.72. The maximum Gasteiger partial charge on any atom is 0.272 e. The number of carbonyl (C=O) groups excluding carboxylic acids is 1. The third kappa shape index (κ3) is 3.29. The lowest BCUT2D eigenvalue weighted by atomic mass is 10.0. The molecule has 6 heteroatoms. The van der Waals surface area contributed by atoms with Crippen molar-refractivity contribution in [2.24, 2.45) is 0 Å². The molecule has 1 fully saturated rings. The quantitative estimate of drug-likeness (QED) is 0.695. The van der Waals surface area contributed by atoms with E-state index in [4.69, 9.17) is 0 Å². The second-order valence-electron chi connectivity index (χ2n) is 6.81. The number of aryl methyl sites for hydroxylation is 2. The van der Waals surface area contributed by atoms with Gasteiger partial charge in [0.15, 0.2) is 5.78 Å². The van der Waals surface area contributed by atoms with Crippen molar-refractivity contribution < 1.29 is 4.79 Å². The van der Waals surface area contributed by atoms with Crippen LogP contribution in [0.3, 0.4) is 0 Å². The Balaban J connectivity index is 1.54. The number of anilines is 1. The van der Waals surface area contributed by atoms with Gasteiger partial charge in [0.05, 0.1) is 6.04 Å². The van der Waals surface area contributed by atoms with Gasteiger partial charge in [-0.1, -0.05) is 41.7 Å². The van der Waals surface area contributed by atoms with Gasteiger partial charge in [-0.25, -0.2) is 0 Å². The molecule has 2 aromatic heterocycles. The monoisotopic (exact) mass is 367 g/mol. The number of rotatable bonds is 5. The molecule has 0 bridgehead atoms. The van der Waals surface area contributed by atoms with E-state index in [0.29, 0.717) is 6.42 Å². The molecule has 1 aliphatic rings.